The molecule has 2 aromatic rings. The normalized spacial score (nSPS) is 32.9. The maximum absolute atomic E-state index is 11.9. The first kappa shape index (κ1) is 16.4. The Labute approximate surface area is 152 Å². The van der Waals surface area contributed by atoms with Crippen molar-refractivity contribution in [2.75, 3.05) is 13.9 Å². The molecule has 140 valence electrons. The minimum Gasteiger partial charge on any atom is -0.463 e. The molecule has 26 heavy (non-hydrogen) atoms. The van der Waals surface area contributed by atoms with Gasteiger partial charge in [-0.15, -0.1) is 0 Å². The summed E-state index contributed by atoms with van der Waals surface area (Å²) in [5.41, 5.74) is 4.01. The number of benzene rings is 1. The van der Waals surface area contributed by atoms with Crippen LogP contribution in [0.4, 0.5) is 0 Å². The lowest BCUT2D eigenvalue weighted by atomic mass is 9.56. The van der Waals surface area contributed by atoms with Crippen molar-refractivity contribution in [2.45, 2.75) is 57.8 Å². The van der Waals surface area contributed by atoms with Gasteiger partial charge in [-0.25, -0.2) is 4.79 Å². The maximum atomic E-state index is 11.9. The van der Waals surface area contributed by atoms with Crippen LogP contribution < -0.4 is 10.6 Å². The van der Waals surface area contributed by atoms with Crippen molar-refractivity contribution >= 4 is 11.2 Å². The predicted octanol–water partition coefficient (Wildman–Crippen LogP) is 4.61. The van der Waals surface area contributed by atoms with Gasteiger partial charge < -0.3 is 18.3 Å². The lowest BCUT2D eigenvalue weighted by Gasteiger charge is -2.49. The van der Waals surface area contributed by atoms with Crippen LogP contribution in [0, 0.1) is 17.3 Å². The Morgan fingerprint density at radius 1 is 1.19 bits per heavy atom. The van der Waals surface area contributed by atoms with Crippen LogP contribution in [0.25, 0.3) is 11.2 Å². The Hall–Kier alpha value is -1.75. The molecule has 1 heterocycles. The van der Waals surface area contributed by atoms with Crippen LogP contribution in [-0.4, -0.2) is 13.9 Å². The topological polar surface area (TPSA) is 61.8 Å². The fourth-order valence-corrected chi connectivity index (χ4v) is 6.27. The average molecular weight is 358 g/mol. The number of fused-ring (bicyclic) bond motifs is 7. The summed E-state index contributed by atoms with van der Waals surface area (Å²) >= 11 is 0. The summed E-state index contributed by atoms with van der Waals surface area (Å²) in [5.74, 6) is 1.85. The van der Waals surface area contributed by atoms with E-state index < -0.39 is 5.82 Å². The third kappa shape index (κ3) is 2.29. The van der Waals surface area contributed by atoms with E-state index >= 15 is 0 Å². The molecule has 1 aromatic carbocycles. The second-order valence-electron chi connectivity index (χ2n) is 8.61. The van der Waals surface area contributed by atoms with Crippen molar-refractivity contribution in [1.29, 1.82) is 0 Å². The third-order valence-electron chi connectivity index (χ3n) is 7.37. The quantitative estimate of drug-likeness (QED) is 0.750. The molecule has 5 rings (SSSR count). The van der Waals surface area contributed by atoms with Gasteiger partial charge in [-0.2, -0.15) is 0 Å². The average Bonchev–Trinajstić information content (AvgIpc) is 3.21. The van der Waals surface area contributed by atoms with Crippen LogP contribution in [0.3, 0.4) is 0 Å². The molecule has 0 amide bonds. The standard InChI is InChI=1S/C21H26O5/c1-21-8-3-4-15(21)13-6-5-12-10-16(24-11-23-2)18-19(26-20(22)25-18)17(12)14(13)7-9-21/h10,13-15H,3-9,11H2,1-2H3/t13-,14+,15+,21+/m1/s1. The van der Waals surface area contributed by atoms with Crippen LogP contribution in [0.1, 0.15) is 62.5 Å². The summed E-state index contributed by atoms with van der Waals surface area (Å²) < 4.78 is 21.5. The van der Waals surface area contributed by atoms with Crippen molar-refractivity contribution in [3.8, 4) is 5.75 Å². The fourth-order valence-electron chi connectivity index (χ4n) is 6.27. The summed E-state index contributed by atoms with van der Waals surface area (Å²) in [5, 5.41) is 0. The van der Waals surface area contributed by atoms with Gasteiger partial charge >= 0.3 is 5.82 Å². The van der Waals surface area contributed by atoms with E-state index in [1.807, 2.05) is 6.07 Å². The minimum atomic E-state index is -0.653. The molecular weight excluding hydrogens is 332 g/mol. The maximum Gasteiger partial charge on any atom is 0.519 e. The first-order chi connectivity index (χ1) is 12.6. The number of hydrogen-bond acceptors (Lipinski definition) is 5. The number of hydrogen-bond donors (Lipinski definition) is 0. The number of aryl methyl sites for hydroxylation is 1. The van der Waals surface area contributed by atoms with Gasteiger partial charge in [-0.3, -0.25) is 0 Å². The molecule has 0 N–H and O–H groups in total. The predicted molar refractivity (Wildman–Crippen MR) is 96.5 cm³/mol. The monoisotopic (exact) mass is 358 g/mol. The molecule has 5 heteroatoms. The highest BCUT2D eigenvalue weighted by molar-refractivity contribution is 5.83. The highest BCUT2D eigenvalue weighted by atomic mass is 16.7. The molecule has 0 unspecified atom stereocenters. The van der Waals surface area contributed by atoms with Crippen LogP contribution in [0.2, 0.25) is 0 Å². The third-order valence-corrected chi connectivity index (χ3v) is 7.37. The fraction of sp³-hybridized carbons (Fsp3) is 0.667. The van der Waals surface area contributed by atoms with Gasteiger partial charge in [0.05, 0.1) is 0 Å². The molecule has 0 spiro atoms. The Kier molecular flexibility index (Phi) is 3.71. The van der Waals surface area contributed by atoms with Crippen molar-refractivity contribution in [3.63, 3.8) is 0 Å². The summed E-state index contributed by atoms with van der Waals surface area (Å²) in [6.45, 7) is 2.61. The largest absolute Gasteiger partial charge is 0.519 e. The first-order valence-corrected chi connectivity index (χ1v) is 9.82. The van der Waals surface area contributed by atoms with Gasteiger partial charge in [0, 0.05) is 12.7 Å². The number of methoxy groups -OCH3 is 1. The van der Waals surface area contributed by atoms with Crippen LogP contribution in [0.5, 0.6) is 5.75 Å². The Morgan fingerprint density at radius 3 is 2.88 bits per heavy atom. The lowest BCUT2D eigenvalue weighted by molar-refractivity contribution is 0.0507. The van der Waals surface area contributed by atoms with E-state index in [0.717, 1.165) is 12.3 Å². The molecular formula is C21H26O5. The molecule has 0 aliphatic heterocycles. The molecule has 0 saturated heterocycles. The number of rotatable bonds is 3. The van der Waals surface area contributed by atoms with Crippen molar-refractivity contribution in [3.05, 3.63) is 27.8 Å². The van der Waals surface area contributed by atoms with E-state index in [1.165, 1.54) is 49.7 Å². The zero-order chi connectivity index (χ0) is 17.9. The van der Waals surface area contributed by atoms with E-state index in [2.05, 4.69) is 6.92 Å². The van der Waals surface area contributed by atoms with E-state index in [9.17, 15) is 4.79 Å². The van der Waals surface area contributed by atoms with Gasteiger partial charge in [-0.05, 0) is 73.3 Å². The second kappa shape index (κ2) is 5.88. The first-order valence-electron chi connectivity index (χ1n) is 9.82. The van der Waals surface area contributed by atoms with E-state index in [4.69, 9.17) is 18.3 Å². The van der Waals surface area contributed by atoms with Crippen LogP contribution >= 0.6 is 0 Å². The Bertz CT molecular complexity index is 894. The molecule has 5 nitrogen and oxygen atoms in total. The Balaban J connectivity index is 1.63. The summed E-state index contributed by atoms with van der Waals surface area (Å²) in [4.78, 5) is 11.9. The molecule has 1 aromatic heterocycles. The Morgan fingerprint density at radius 2 is 2.04 bits per heavy atom. The van der Waals surface area contributed by atoms with Gasteiger partial charge in [0.15, 0.2) is 18.1 Å². The van der Waals surface area contributed by atoms with Gasteiger partial charge in [-0.1, -0.05) is 13.3 Å². The van der Waals surface area contributed by atoms with Crippen molar-refractivity contribution < 1.29 is 18.3 Å². The molecule has 2 fully saturated rings. The molecule has 4 atom stereocenters. The second-order valence-corrected chi connectivity index (χ2v) is 8.61. The number of ether oxygens (including phenoxy) is 2. The SMILES string of the molecule is COCOc1cc2c(c3oc(=O)oc13)[C@H]1CC[C@]3(C)CCC[C@H]3[C@@H]1CC2. The molecule has 0 radical (unpaired) electrons. The molecule has 3 aliphatic carbocycles. The lowest BCUT2D eigenvalue weighted by Crippen LogP contribution is -2.39. The highest BCUT2D eigenvalue weighted by Gasteiger charge is 2.51. The van der Waals surface area contributed by atoms with Crippen LogP contribution in [0.15, 0.2) is 19.7 Å². The molecule has 3 aliphatic rings. The zero-order valence-corrected chi connectivity index (χ0v) is 15.5. The highest BCUT2D eigenvalue weighted by Crippen LogP contribution is 2.61. The van der Waals surface area contributed by atoms with Crippen LogP contribution in [-0.2, 0) is 11.2 Å². The van der Waals surface area contributed by atoms with E-state index in [-0.39, 0.29) is 6.79 Å². The molecule has 2 saturated carbocycles. The van der Waals surface area contributed by atoms with Gasteiger partial charge in [0.25, 0.3) is 0 Å². The van der Waals surface area contributed by atoms with E-state index in [1.54, 1.807) is 7.11 Å². The minimum absolute atomic E-state index is 0.120. The van der Waals surface area contributed by atoms with E-state index in [0.29, 0.717) is 34.2 Å². The summed E-state index contributed by atoms with van der Waals surface area (Å²) in [7, 11) is 1.58. The van der Waals surface area contributed by atoms with Crippen molar-refractivity contribution in [1.82, 2.24) is 0 Å². The smallest absolute Gasteiger partial charge is 0.463 e. The van der Waals surface area contributed by atoms with Gasteiger partial charge in [0.1, 0.15) is 0 Å². The summed E-state index contributed by atoms with van der Waals surface area (Å²) in [6, 6.07) is 2.04. The zero-order valence-electron chi connectivity index (χ0n) is 15.5. The summed E-state index contributed by atoms with van der Waals surface area (Å²) in [6.07, 6.45) is 8.74. The van der Waals surface area contributed by atoms with Crippen molar-refractivity contribution in [2.24, 2.45) is 17.3 Å². The molecule has 0 bridgehead atoms. The van der Waals surface area contributed by atoms with Gasteiger partial charge in [0.2, 0.25) is 5.58 Å².